The van der Waals surface area contributed by atoms with E-state index in [1.165, 1.54) is 0 Å². The van der Waals surface area contributed by atoms with Crippen molar-refractivity contribution in [1.29, 1.82) is 0 Å². The molecule has 4 heteroatoms. The Bertz CT molecular complexity index is 375. The van der Waals surface area contributed by atoms with Crippen molar-refractivity contribution in [2.75, 3.05) is 19.6 Å². The SMILES string of the molecule is O=C(NCC1CCNC1)c1ccccc1I. The van der Waals surface area contributed by atoms with Gasteiger partial charge in [-0.3, -0.25) is 4.79 Å². The highest BCUT2D eigenvalue weighted by molar-refractivity contribution is 14.1. The summed E-state index contributed by atoms with van der Waals surface area (Å²) < 4.78 is 1.00. The molecule has 1 fully saturated rings. The normalized spacial score (nSPS) is 19.7. The Morgan fingerprint density at radius 1 is 1.50 bits per heavy atom. The number of nitrogens with one attached hydrogen (secondary N) is 2. The lowest BCUT2D eigenvalue weighted by Crippen LogP contribution is -2.30. The molecular weight excluding hydrogens is 315 g/mol. The zero-order valence-corrected chi connectivity index (χ0v) is 11.2. The van der Waals surface area contributed by atoms with Crippen molar-refractivity contribution in [3.8, 4) is 0 Å². The lowest BCUT2D eigenvalue weighted by Gasteiger charge is -2.10. The molecule has 0 aliphatic carbocycles. The van der Waals surface area contributed by atoms with Crippen LogP contribution in [0.4, 0.5) is 0 Å². The van der Waals surface area contributed by atoms with Crippen LogP contribution in [-0.4, -0.2) is 25.5 Å². The average molecular weight is 330 g/mol. The smallest absolute Gasteiger partial charge is 0.252 e. The largest absolute Gasteiger partial charge is 0.352 e. The number of carbonyl (C=O) groups excluding carboxylic acids is 1. The van der Waals surface area contributed by atoms with Crippen molar-refractivity contribution in [3.05, 3.63) is 33.4 Å². The molecule has 1 aliphatic heterocycles. The Labute approximate surface area is 109 Å². The minimum Gasteiger partial charge on any atom is -0.352 e. The number of rotatable bonds is 3. The van der Waals surface area contributed by atoms with Gasteiger partial charge in [-0.25, -0.2) is 0 Å². The molecule has 1 aromatic carbocycles. The van der Waals surface area contributed by atoms with Crippen LogP contribution in [0.1, 0.15) is 16.8 Å². The minimum atomic E-state index is 0.0388. The Balaban J connectivity index is 1.90. The highest BCUT2D eigenvalue weighted by atomic mass is 127. The summed E-state index contributed by atoms with van der Waals surface area (Å²) in [5.41, 5.74) is 0.772. The summed E-state index contributed by atoms with van der Waals surface area (Å²) in [6.45, 7) is 2.87. The molecule has 0 aromatic heterocycles. The van der Waals surface area contributed by atoms with Crippen LogP contribution in [0.5, 0.6) is 0 Å². The average Bonchev–Trinajstić information content (AvgIpc) is 2.79. The highest BCUT2D eigenvalue weighted by Crippen LogP contribution is 2.12. The van der Waals surface area contributed by atoms with Crippen LogP contribution in [0.3, 0.4) is 0 Å². The van der Waals surface area contributed by atoms with Gasteiger partial charge in [-0.1, -0.05) is 12.1 Å². The summed E-state index contributed by atoms with van der Waals surface area (Å²) in [6, 6.07) is 7.66. The zero-order valence-electron chi connectivity index (χ0n) is 9.00. The third-order valence-corrected chi connectivity index (χ3v) is 3.77. The van der Waals surface area contributed by atoms with Gasteiger partial charge in [-0.05, 0) is 60.2 Å². The molecular formula is C12H15IN2O. The van der Waals surface area contributed by atoms with Gasteiger partial charge in [0.05, 0.1) is 5.56 Å². The van der Waals surface area contributed by atoms with Crippen LogP contribution < -0.4 is 10.6 Å². The van der Waals surface area contributed by atoms with E-state index in [-0.39, 0.29) is 5.91 Å². The van der Waals surface area contributed by atoms with E-state index in [9.17, 15) is 4.79 Å². The summed E-state index contributed by atoms with van der Waals surface area (Å²) in [4.78, 5) is 11.9. The van der Waals surface area contributed by atoms with Crippen molar-refractivity contribution in [2.24, 2.45) is 5.92 Å². The standard InChI is InChI=1S/C12H15IN2O/c13-11-4-2-1-3-10(11)12(16)15-8-9-5-6-14-7-9/h1-4,9,14H,5-8H2,(H,15,16). The first-order valence-electron chi connectivity index (χ1n) is 5.51. The molecule has 1 aromatic rings. The molecule has 0 bridgehead atoms. The van der Waals surface area contributed by atoms with Crippen molar-refractivity contribution < 1.29 is 4.79 Å². The van der Waals surface area contributed by atoms with Crippen LogP contribution >= 0.6 is 22.6 Å². The summed E-state index contributed by atoms with van der Waals surface area (Å²) >= 11 is 2.19. The molecule has 86 valence electrons. The van der Waals surface area contributed by atoms with Crippen molar-refractivity contribution in [2.45, 2.75) is 6.42 Å². The zero-order chi connectivity index (χ0) is 11.4. The molecule has 1 amide bonds. The number of hydrogen-bond acceptors (Lipinski definition) is 2. The third kappa shape index (κ3) is 2.95. The summed E-state index contributed by atoms with van der Waals surface area (Å²) in [7, 11) is 0. The lowest BCUT2D eigenvalue weighted by molar-refractivity contribution is 0.0947. The first kappa shape index (κ1) is 11.9. The van der Waals surface area contributed by atoms with Crippen molar-refractivity contribution in [1.82, 2.24) is 10.6 Å². The number of halogens is 1. The Morgan fingerprint density at radius 2 is 2.31 bits per heavy atom. The Kier molecular flexibility index (Phi) is 4.17. The lowest BCUT2D eigenvalue weighted by atomic mass is 10.1. The first-order chi connectivity index (χ1) is 7.77. The fraction of sp³-hybridized carbons (Fsp3) is 0.417. The molecule has 2 N–H and O–H groups in total. The Hall–Kier alpha value is -0.620. The van der Waals surface area contributed by atoms with Crippen molar-refractivity contribution in [3.63, 3.8) is 0 Å². The predicted octanol–water partition coefficient (Wildman–Crippen LogP) is 1.63. The van der Waals surface area contributed by atoms with Crippen LogP contribution in [0, 0.1) is 9.49 Å². The van der Waals surface area contributed by atoms with Crippen LogP contribution in [-0.2, 0) is 0 Å². The molecule has 1 saturated heterocycles. The van der Waals surface area contributed by atoms with Gasteiger partial charge in [0.25, 0.3) is 5.91 Å². The third-order valence-electron chi connectivity index (χ3n) is 2.83. The summed E-state index contributed by atoms with van der Waals surface area (Å²) in [5, 5.41) is 6.29. The van der Waals surface area contributed by atoms with Crippen LogP contribution in [0.25, 0.3) is 0 Å². The van der Waals surface area contributed by atoms with Gasteiger partial charge in [0.15, 0.2) is 0 Å². The topological polar surface area (TPSA) is 41.1 Å². The molecule has 1 heterocycles. The van der Waals surface area contributed by atoms with Gasteiger partial charge in [-0.2, -0.15) is 0 Å². The second-order valence-electron chi connectivity index (χ2n) is 4.05. The quantitative estimate of drug-likeness (QED) is 0.827. The van der Waals surface area contributed by atoms with Gasteiger partial charge in [0.2, 0.25) is 0 Å². The molecule has 1 aliphatic rings. The number of benzene rings is 1. The predicted molar refractivity (Wildman–Crippen MR) is 72.5 cm³/mol. The number of carbonyl (C=O) groups is 1. The maximum absolute atomic E-state index is 11.9. The van der Waals surface area contributed by atoms with Gasteiger partial charge < -0.3 is 10.6 Å². The molecule has 3 nitrogen and oxygen atoms in total. The first-order valence-corrected chi connectivity index (χ1v) is 6.58. The van der Waals surface area contributed by atoms with Gasteiger partial charge in [0.1, 0.15) is 0 Å². The van der Waals surface area contributed by atoms with Crippen LogP contribution in [0.2, 0.25) is 0 Å². The van der Waals surface area contributed by atoms with E-state index in [0.29, 0.717) is 5.92 Å². The maximum Gasteiger partial charge on any atom is 0.252 e. The molecule has 1 unspecified atom stereocenters. The maximum atomic E-state index is 11.9. The van der Waals surface area contributed by atoms with Gasteiger partial charge in [0, 0.05) is 10.1 Å². The van der Waals surface area contributed by atoms with Gasteiger partial charge in [-0.15, -0.1) is 0 Å². The van der Waals surface area contributed by atoms with E-state index >= 15 is 0 Å². The summed E-state index contributed by atoms with van der Waals surface area (Å²) in [6.07, 6.45) is 1.16. The summed E-state index contributed by atoms with van der Waals surface area (Å²) in [5.74, 6) is 0.627. The highest BCUT2D eigenvalue weighted by Gasteiger charge is 2.16. The van der Waals surface area contributed by atoms with Crippen LogP contribution in [0.15, 0.2) is 24.3 Å². The Morgan fingerprint density at radius 3 is 3.00 bits per heavy atom. The van der Waals surface area contributed by atoms with E-state index in [1.54, 1.807) is 0 Å². The molecule has 1 atom stereocenters. The molecule has 2 rings (SSSR count). The van der Waals surface area contributed by atoms with E-state index < -0.39 is 0 Å². The van der Waals surface area contributed by atoms with E-state index in [0.717, 1.165) is 35.2 Å². The number of amides is 1. The molecule has 0 saturated carbocycles. The minimum absolute atomic E-state index is 0.0388. The fourth-order valence-electron chi connectivity index (χ4n) is 1.87. The number of hydrogen-bond donors (Lipinski definition) is 2. The van der Waals surface area contributed by atoms with Crippen molar-refractivity contribution >= 4 is 28.5 Å². The van der Waals surface area contributed by atoms with E-state index in [2.05, 4.69) is 33.2 Å². The van der Waals surface area contributed by atoms with Gasteiger partial charge >= 0.3 is 0 Å². The second-order valence-corrected chi connectivity index (χ2v) is 5.21. The molecule has 0 radical (unpaired) electrons. The second kappa shape index (κ2) is 5.63. The van der Waals surface area contributed by atoms with E-state index in [1.807, 2.05) is 24.3 Å². The molecule has 16 heavy (non-hydrogen) atoms. The monoisotopic (exact) mass is 330 g/mol. The molecule has 0 spiro atoms. The van der Waals surface area contributed by atoms with E-state index in [4.69, 9.17) is 0 Å². The fourth-order valence-corrected chi connectivity index (χ4v) is 2.50.